The second kappa shape index (κ2) is 6.43. The van der Waals surface area contributed by atoms with Crippen molar-refractivity contribution >= 4 is 11.8 Å². The number of guanidine groups is 1. The molecular weight excluding hydrogens is 264 g/mol. The number of nitrogens with one attached hydrogen (secondary N) is 1. The van der Waals surface area contributed by atoms with Gasteiger partial charge in [0.2, 0.25) is 0 Å². The van der Waals surface area contributed by atoms with Crippen LogP contribution in [0.1, 0.15) is 33.6 Å². The lowest BCUT2D eigenvalue weighted by Crippen LogP contribution is -2.63. The maximum absolute atomic E-state index is 6.05. The summed E-state index contributed by atoms with van der Waals surface area (Å²) >= 11 is 0. The number of rotatable bonds is 5. The smallest absolute Gasteiger partial charge is 0.194 e. The fourth-order valence-corrected chi connectivity index (χ4v) is 3.78. The van der Waals surface area contributed by atoms with E-state index >= 15 is 0 Å². The van der Waals surface area contributed by atoms with E-state index in [9.17, 15) is 0 Å². The van der Waals surface area contributed by atoms with Gasteiger partial charge in [0.15, 0.2) is 5.96 Å². The third-order valence-corrected chi connectivity index (χ3v) is 4.90. The largest absolute Gasteiger partial charge is 0.380 e. The predicted molar refractivity (Wildman–Crippen MR) is 86.2 cm³/mol. The first-order valence-electron chi connectivity index (χ1n) is 7.63. The van der Waals surface area contributed by atoms with E-state index in [0.29, 0.717) is 17.7 Å². The molecule has 0 aliphatic heterocycles. The first-order valence-corrected chi connectivity index (χ1v) is 7.63. The number of nitrogens with two attached hydrogens (primary N) is 1. The molecule has 1 aromatic heterocycles. The van der Waals surface area contributed by atoms with E-state index in [1.54, 1.807) is 13.3 Å². The van der Waals surface area contributed by atoms with Gasteiger partial charge in [-0.2, -0.15) is 0 Å². The van der Waals surface area contributed by atoms with Crippen molar-refractivity contribution in [2.24, 2.45) is 22.1 Å². The van der Waals surface area contributed by atoms with Gasteiger partial charge in [-0.15, -0.1) is 0 Å². The minimum absolute atomic E-state index is 0.0879. The molecule has 1 heterocycles. The van der Waals surface area contributed by atoms with Crippen LogP contribution in [0.4, 0.5) is 5.82 Å². The minimum Gasteiger partial charge on any atom is -0.380 e. The number of hydrogen-bond acceptors (Lipinski definition) is 3. The number of anilines is 1. The van der Waals surface area contributed by atoms with Crippen molar-refractivity contribution in [3.63, 3.8) is 0 Å². The zero-order valence-corrected chi connectivity index (χ0v) is 13.3. The second-order valence-corrected chi connectivity index (χ2v) is 5.75. The van der Waals surface area contributed by atoms with Gasteiger partial charge in [-0.3, -0.25) is 0 Å². The Morgan fingerprint density at radius 1 is 1.43 bits per heavy atom. The molecule has 0 saturated heterocycles. The Bertz CT molecular complexity index is 484. The SMILES string of the molecule is CCC1(CC)C(N=C(N)Nc2ccccn2)C(C)C1OC. The average molecular weight is 290 g/mol. The first-order chi connectivity index (χ1) is 10.1. The number of ether oxygens (including phenoxy) is 1. The second-order valence-electron chi connectivity index (χ2n) is 5.75. The van der Waals surface area contributed by atoms with Crippen LogP contribution in [0.2, 0.25) is 0 Å². The molecule has 0 bridgehead atoms. The van der Waals surface area contributed by atoms with Crippen molar-refractivity contribution in [3.05, 3.63) is 24.4 Å². The summed E-state index contributed by atoms with van der Waals surface area (Å²) in [5.74, 6) is 1.51. The Hall–Kier alpha value is -1.62. The highest BCUT2D eigenvalue weighted by Crippen LogP contribution is 2.54. The zero-order chi connectivity index (χ0) is 15.5. The summed E-state index contributed by atoms with van der Waals surface area (Å²) in [6, 6.07) is 5.85. The van der Waals surface area contributed by atoms with Gasteiger partial charge in [0.05, 0.1) is 12.1 Å². The van der Waals surface area contributed by atoms with E-state index in [-0.39, 0.29) is 17.6 Å². The Balaban J connectivity index is 2.15. The molecule has 1 fully saturated rings. The highest BCUT2D eigenvalue weighted by Gasteiger charge is 2.58. The highest BCUT2D eigenvalue weighted by atomic mass is 16.5. The Labute approximate surface area is 127 Å². The van der Waals surface area contributed by atoms with E-state index in [2.05, 4.69) is 31.1 Å². The summed E-state index contributed by atoms with van der Waals surface area (Å²) < 4.78 is 5.68. The third-order valence-electron chi connectivity index (χ3n) is 4.90. The topological polar surface area (TPSA) is 72.5 Å². The first kappa shape index (κ1) is 15.8. The van der Waals surface area contributed by atoms with Crippen LogP contribution in [0.3, 0.4) is 0 Å². The number of hydrogen-bond donors (Lipinski definition) is 2. The van der Waals surface area contributed by atoms with Crippen molar-refractivity contribution in [1.82, 2.24) is 4.98 Å². The minimum atomic E-state index is 0.0879. The molecule has 5 heteroatoms. The van der Waals surface area contributed by atoms with Gasteiger partial charge in [0.25, 0.3) is 0 Å². The lowest BCUT2D eigenvalue weighted by molar-refractivity contribution is -0.156. The van der Waals surface area contributed by atoms with Gasteiger partial charge >= 0.3 is 0 Å². The van der Waals surface area contributed by atoms with Gasteiger partial charge in [-0.1, -0.05) is 26.8 Å². The molecule has 1 aliphatic rings. The van der Waals surface area contributed by atoms with Gasteiger partial charge < -0.3 is 15.8 Å². The lowest BCUT2D eigenvalue weighted by atomic mass is 9.53. The Morgan fingerprint density at radius 2 is 2.14 bits per heavy atom. The van der Waals surface area contributed by atoms with E-state index in [0.717, 1.165) is 12.8 Å². The number of aliphatic imine (C=N–C) groups is 1. The number of aromatic nitrogens is 1. The molecule has 2 rings (SSSR count). The van der Waals surface area contributed by atoms with Crippen LogP contribution in [-0.4, -0.2) is 30.2 Å². The lowest BCUT2D eigenvalue weighted by Gasteiger charge is -2.57. The summed E-state index contributed by atoms with van der Waals surface area (Å²) in [5.41, 5.74) is 6.14. The molecule has 1 saturated carbocycles. The van der Waals surface area contributed by atoms with Crippen LogP contribution in [0.5, 0.6) is 0 Å². The molecule has 0 amide bonds. The Morgan fingerprint density at radius 3 is 2.67 bits per heavy atom. The van der Waals surface area contributed by atoms with Crippen LogP contribution in [0.15, 0.2) is 29.4 Å². The number of pyridine rings is 1. The zero-order valence-electron chi connectivity index (χ0n) is 13.3. The van der Waals surface area contributed by atoms with Crippen molar-refractivity contribution in [1.29, 1.82) is 0 Å². The van der Waals surface area contributed by atoms with E-state index < -0.39 is 0 Å². The molecule has 3 atom stereocenters. The molecule has 0 aromatic carbocycles. The monoisotopic (exact) mass is 290 g/mol. The maximum Gasteiger partial charge on any atom is 0.194 e. The van der Waals surface area contributed by atoms with Crippen LogP contribution >= 0.6 is 0 Å². The van der Waals surface area contributed by atoms with E-state index in [4.69, 9.17) is 15.5 Å². The summed E-state index contributed by atoms with van der Waals surface area (Å²) in [6.07, 6.45) is 4.06. The number of methoxy groups -OCH3 is 1. The van der Waals surface area contributed by atoms with E-state index in [1.165, 1.54) is 0 Å². The van der Waals surface area contributed by atoms with Crippen molar-refractivity contribution in [3.8, 4) is 0 Å². The fourth-order valence-electron chi connectivity index (χ4n) is 3.78. The molecule has 5 nitrogen and oxygen atoms in total. The third kappa shape index (κ3) is 2.75. The Kier molecular flexibility index (Phi) is 4.83. The van der Waals surface area contributed by atoms with Gasteiger partial charge in [0, 0.05) is 24.6 Å². The molecule has 3 N–H and O–H groups in total. The van der Waals surface area contributed by atoms with Crippen molar-refractivity contribution in [2.45, 2.75) is 45.8 Å². The summed E-state index contributed by atoms with van der Waals surface area (Å²) in [7, 11) is 1.79. The quantitative estimate of drug-likeness (QED) is 0.646. The summed E-state index contributed by atoms with van der Waals surface area (Å²) in [5, 5.41) is 3.06. The highest BCUT2D eigenvalue weighted by molar-refractivity contribution is 5.91. The van der Waals surface area contributed by atoms with Gasteiger partial charge in [-0.25, -0.2) is 9.98 Å². The molecule has 0 spiro atoms. The fraction of sp³-hybridized carbons (Fsp3) is 0.625. The van der Waals surface area contributed by atoms with E-state index in [1.807, 2.05) is 18.2 Å². The van der Waals surface area contributed by atoms with Gasteiger partial charge in [0.1, 0.15) is 5.82 Å². The predicted octanol–water partition coefficient (Wildman–Crippen LogP) is 2.65. The maximum atomic E-state index is 6.05. The van der Waals surface area contributed by atoms with Crippen molar-refractivity contribution in [2.75, 3.05) is 12.4 Å². The molecule has 116 valence electrons. The van der Waals surface area contributed by atoms with Crippen LogP contribution in [-0.2, 0) is 4.74 Å². The normalized spacial score (nSPS) is 28.0. The van der Waals surface area contributed by atoms with Crippen molar-refractivity contribution < 1.29 is 4.74 Å². The van der Waals surface area contributed by atoms with Gasteiger partial charge in [-0.05, 0) is 25.0 Å². The summed E-state index contributed by atoms with van der Waals surface area (Å²) in [4.78, 5) is 8.92. The molecule has 0 radical (unpaired) electrons. The number of nitrogens with zero attached hydrogens (tertiary/aromatic N) is 2. The van der Waals surface area contributed by atoms with Crippen LogP contribution < -0.4 is 11.1 Å². The summed E-state index contributed by atoms with van der Waals surface area (Å²) in [6.45, 7) is 6.58. The van der Waals surface area contributed by atoms with Crippen LogP contribution in [0, 0.1) is 11.3 Å². The van der Waals surface area contributed by atoms with Crippen LogP contribution in [0.25, 0.3) is 0 Å². The molecular formula is C16H26N4O. The molecule has 3 unspecified atom stereocenters. The molecule has 1 aliphatic carbocycles. The molecule has 21 heavy (non-hydrogen) atoms. The standard InChI is InChI=1S/C16H26N4O/c1-5-16(6-2)13(11(3)14(16)21-4)20-15(17)19-12-9-7-8-10-18-12/h7-11,13-14H,5-6H2,1-4H3,(H3,17,18,19,20). The average Bonchev–Trinajstić information content (AvgIpc) is 2.51. The molecule has 1 aromatic rings.